The van der Waals surface area contributed by atoms with Crippen molar-refractivity contribution < 1.29 is 4.74 Å². The predicted octanol–water partition coefficient (Wildman–Crippen LogP) is 2.99. The summed E-state index contributed by atoms with van der Waals surface area (Å²) in [5.74, 6) is 1.67. The Morgan fingerprint density at radius 1 is 1.32 bits per heavy atom. The van der Waals surface area contributed by atoms with Crippen LogP contribution in [0.15, 0.2) is 29.0 Å². The van der Waals surface area contributed by atoms with Gasteiger partial charge >= 0.3 is 0 Å². The fourth-order valence-corrected chi connectivity index (χ4v) is 2.48. The maximum absolute atomic E-state index is 5.23. The van der Waals surface area contributed by atoms with Crippen molar-refractivity contribution in [2.75, 3.05) is 7.11 Å². The fraction of sp³-hybridized carbons (Fsp3) is 0.385. The summed E-state index contributed by atoms with van der Waals surface area (Å²) in [7, 11) is 1.66. The summed E-state index contributed by atoms with van der Waals surface area (Å²) < 4.78 is 6.18. The maximum atomic E-state index is 5.23. The quantitative estimate of drug-likeness (QED) is 0.887. The molecule has 0 bridgehead atoms. The zero-order valence-corrected chi connectivity index (χ0v) is 12.7. The first-order valence-electron chi connectivity index (χ1n) is 6.06. The SMILES string of the molecule is COc1ccc(C(C)NC(C)c2ncn[nH]2)cc1Br. The van der Waals surface area contributed by atoms with Gasteiger partial charge in [-0.3, -0.25) is 5.10 Å². The van der Waals surface area contributed by atoms with E-state index in [1.807, 2.05) is 12.1 Å². The molecule has 5 nitrogen and oxygen atoms in total. The highest BCUT2D eigenvalue weighted by Gasteiger charge is 2.14. The number of hydrogen-bond donors (Lipinski definition) is 2. The summed E-state index contributed by atoms with van der Waals surface area (Å²) in [5, 5.41) is 10.2. The third-order valence-corrected chi connectivity index (χ3v) is 3.64. The zero-order valence-electron chi connectivity index (χ0n) is 11.1. The molecule has 0 radical (unpaired) electrons. The van der Waals surface area contributed by atoms with Gasteiger partial charge in [0, 0.05) is 6.04 Å². The Labute approximate surface area is 120 Å². The number of aromatic nitrogens is 3. The molecule has 0 spiro atoms. The van der Waals surface area contributed by atoms with Crippen LogP contribution in [-0.2, 0) is 0 Å². The summed E-state index contributed by atoms with van der Waals surface area (Å²) in [6.07, 6.45) is 1.52. The molecule has 0 saturated heterocycles. The second kappa shape index (κ2) is 6.16. The van der Waals surface area contributed by atoms with Crippen LogP contribution in [0.5, 0.6) is 5.75 Å². The lowest BCUT2D eigenvalue weighted by Gasteiger charge is -2.19. The molecule has 102 valence electrons. The van der Waals surface area contributed by atoms with E-state index in [1.54, 1.807) is 7.11 Å². The van der Waals surface area contributed by atoms with Gasteiger partial charge in [-0.2, -0.15) is 5.10 Å². The molecule has 0 saturated carbocycles. The van der Waals surface area contributed by atoms with E-state index in [2.05, 4.69) is 56.3 Å². The number of H-pyrrole nitrogens is 1. The molecule has 2 rings (SSSR count). The molecule has 19 heavy (non-hydrogen) atoms. The van der Waals surface area contributed by atoms with Gasteiger partial charge in [-0.1, -0.05) is 6.07 Å². The summed E-state index contributed by atoms with van der Waals surface area (Å²) in [5.41, 5.74) is 1.18. The van der Waals surface area contributed by atoms with Gasteiger partial charge in [-0.15, -0.1) is 0 Å². The highest BCUT2D eigenvalue weighted by atomic mass is 79.9. The molecule has 0 aliphatic carbocycles. The zero-order chi connectivity index (χ0) is 13.8. The summed E-state index contributed by atoms with van der Waals surface area (Å²) in [4.78, 5) is 4.15. The number of nitrogens with one attached hydrogen (secondary N) is 2. The van der Waals surface area contributed by atoms with Crippen LogP contribution < -0.4 is 10.1 Å². The van der Waals surface area contributed by atoms with Gasteiger partial charge in [0.2, 0.25) is 0 Å². The maximum Gasteiger partial charge on any atom is 0.141 e. The van der Waals surface area contributed by atoms with Crippen LogP contribution in [0.4, 0.5) is 0 Å². The Morgan fingerprint density at radius 2 is 2.11 bits per heavy atom. The molecule has 1 aromatic heterocycles. The van der Waals surface area contributed by atoms with Crippen molar-refractivity contribution in [1.29, 1.82) is 0 Å². The topological polar surface area (TPSA) is 62.8 Å². The number of nitrogens with zero attached hydrogens (tertiary/aromatic N) is 2. The van der Waals surface area contributed by atoms with E-state index in [1.165, 1.54) is 11.9 Å². The van der Waals surface area contributed by atoms with Crippen LogP contribution in [0.2, 0.25) is 0 Å². The van der Waals surface area contributed by atoms with Gasteiger partial charge < -0.3 is 10.1 Å². The first-order chi connectivity index (χ1) is 9.11. The average Bonchev–Trinajstić information content (AvgIpc) is 2.92. The minimum atomic E-state index is 0.110. The average molecular weight is 325 g/mol. The number of ether oxygens (including phenoxy) is 1. The molecule has 0 aliphatic heterocycles. The third kappa shape index (κ3) is 3.33. The van der Waals surface area contributed by atoms with Crippen molar-refractivity contribution in [3.63, 3.8) is 0 Å². The van der Waals surface area contributed by atoms with Crippen LogP contribution in [-0.4, -0.2) is 22.3 Å². The van der Waals surface area contributed by atoms with E-state index >= 15 is 0 Å². The Hall–Kier alpha value is -1.40. The molecule has 1 heterocycles. The van der Waals surface area contributed by atoms with E-state index in [0.29, 0.717) is 0 Å². The molecule has 0 amide bonds. The number of hydrogen-bond acceptors (Lipinski definition) is 4. The third-order valence-electron chi connectivity index (χ3n) is 3.02. The lowest BCUT2D eigenvalue weighted by Crippen LogP contribution is -2.23. The predicted molar refractivity (Wildman–Crippen MR) is 77.0 cm³/mol. The fourth-order valence-electron chi connectivity index (χ4n) is 1.93. The van der Waals surface area contributed by atoms with Gasteiger partial charge in [-0.25, -0.2) is 4.98 Å². The Morgan fingerprint density at radius 3 is 2.68 bits per heavy atom. The Bertz CT molecular complexity index is 529. The Balaban J connectivity index is 2.07. The van der Waals surface area contributed by atoms with Crippen molar-refractivity contribution in [2.24, 2.45) is 0 Å². The van der Waals surface area contributed by atoms with Crippen molar-refractivity contribution in [3.05, 3.63) is 40.4 Å². The number of methoxy groups -OCH3 is 1. The van der Waals surface area contributed by atoms with Crippen molar-refractivity contribution in [1.82, 2.24) is 20.5 Å². The number of aromatic amines is 1. The lowest BCUT2D eigenvalue weighted by molar-refractivity contribution is 0.411. The van der Waals surface area contributed by atoms with E-state index in [9.17, 15) is 0 Å². The van der Waals surface area contributed by atoms with Gasteiger partial charge in [-0.05, 0) is 47.5 Å². The summed E-state index contributed by atoms with van der Waals surface area (Å²) in [6.45, 7) is 4.16. The molecule has 2 aromatic rings. The van der Waals surface area contributed by atoms with Crippen LogP contribution in [0, 0.1) is 0 Å². The van der Waals surface area contributed by atoms with Gasteiger partial charge in [0.25, 0.3) is 0 Å². The number of halogens is 1. The molecule has 2 atom stereocenters. The first kappa shape index (κ1) is 14.0. The van der Waals surface area contributed by atoms with E-state index in [0.717, 1.165) is 16.0 Å². The van der Waals surface area contributed by atoms with Crippen LogP contribution in [0.25, 0.3) is 0 Å². The summed E-state index contributed by atoms with van der Waals surface area (Å²) in [6, 6.07) is 6.37. The monoisotopic (exact) mass is 324 g/mol. The minimum absolute atomic E-state index is 0.110. The largest absolute Gasteiger partial charge is 0.496 e. The standard InChI is InChI=1S/C13H17BrN4O/c1-8(17-9(2)13-15-7-16-18-13)10-4-5-12(19-3)11(14)6-10/h4-9,17H,1-3H3,(H,15,16,18). The Kier molecular flexibility index (Phi) is 4.55. The van der Waals surface area contributed by atoms with Crippen LogP contribution in [0.1, 0.15) is 37.3 Å². The van der Waals surface area contributed by atoms with Crippen molar-refractivity contribution in [2.45, 2.75) is 25.9 Å². The second-order valence-electron chi connectivity index (χ2n) is 4.37. The highest BCUT2D eigenvalue weighted by Crippen LogP contribution is 2.28. The lowest BCUT2D eigenvalue weighted by atomic mass is 10.1. The van der Waals surface area contributed by atoms with Crippen molar-refractivity contribution >= 4 is 15.9 Å². The number of rotatable bonds is 5. The molecule has 0 aliphatic rings. The van der Waals surface area contributed by atoms with Crippen molar-refractivity contribution in [3.8, 4) is 5.75 Å². The molecular formula is C13H17BrN4O. The minimum Gasteiger partial charge on any atom is -0.496 e. The highest BCUT2D eigenvalue weighted by molar-refractivity contribution is 9.10. The molecular weight excluding hydrogens is 308 g/mol. The molecule has 2 N–H and O–H groups in total. The molecule has 6 heteroatoms. The first-order valence-corrected chi connectivity index (χ1v) is 6.86. The molecule has 1 aromatic carbocycles. The smallest absolute Gasteiger partial charge is 0.141 e. The molecule has 2 unspecified atom stereocenters. The number of benzene rings is 1. The van der Waals surface area contributed by atoms with E-state index in [4.69, 9.17) is 4.74 Å². The molecule has 0 fully saturated rings. The van der Waals surface area contributed by atoms with Crippen LogP contribution >= 0.6 is 15.9 Å². The van der Waals surface area contributed by atoms with Gasteiger partial charge in [0.1, 0.15) is 17.9 Å². The van der Waals surface area contributed by atoms with Crippen LogP contribution in [0.3, 0.4) is 0 Å². The van der Waals surface area contributed by atoms with Gasteiger partial charge in [0.05, 0.1) is 17.6 Å². The summed E-state index contributed by atoms with van der Waals surface area (Å²) >= 11 is 3.50. The normalized spacial score (nSPS) is 14.1. The van der Waals surface area contributed by atoms with Gasteiger partial charge in [0.15, 0.2) is 0 Å². The van der Waals surface area contributed by atoms with E-state index < -0.39 is 0 Å². The second-order valence-corrected chi connectivity index (χ2v) is 5.23. The van der Waals surface area contributed by atoms with E-state index in [-0.39, 0.29) is 12.1 Å².